The lowest BCUT2D eigenvalue weighted by Crippen LogP contribution is -2.34. The third-order valence-electron chi connectivity index (χ3n) is 7.08. The molecule has 0 atom stereocenters. The second-order valence-electron chi connectivity index (χ2n) is 10.1. The van der Waals surface area contributed by atoms with Gasteiger partial charge in [0.25, 0.3) is 5.91 Å². The first-order chi connectivity index (χ1) is 20.7. The molecule has 0 saturated carbocycles. The smallest absolute Gasteiger partial charge is 0.260 e. The first kappa shape index (κ1) is 30.4. The van der Waals surface area contributed by atoms with Crippen LogP contribution in [0.2, 0.25) is 0 Å². The second-order valence-corrected chi connectivity index (χ2v) is 13.0. The Balaban J connectivity index is 1.44. The highest BCUT2D eigenvalue weighted by Gasteiger charge is 2.26. The molecule has 224 valence electrons. The van der Waals surface area contributed by atoms with E-state index in [0.29, 0.717) is 48.2 Å². The van der Waals surface area contributed by atoms with Gasteiger partial charge in [-0.05, 0) is 68.8 Å². The Morgan fingerprint density at radius 1 is 0.977 bits per heavy atom. The van der Waals surface area contributed by atoms with Gasteiger partial charge in [-0.25, -0.2) is 13.4 Å². The highest BCUT2D eigenvalue weighted by atomic mass is 32.2. The molecule has 9 nitrogen and oxygen atoms in total. The average Bonchev–Trinajstić information content (AvgIpc) is 3.59. The van der Waals surface area contributed by atoms with Crippen molar-refractivity contribution >= 4 is 42.6 Å². The van der Waals surface area contributed by atoms with Crippen LogP contribution < -0.4 is 9.64 Å². The molecule has 0 aliphatic heterocycles. The molecule has 0 fully saturated rings. The van der Waals surface area contributed by atoms with Crippen LogP contribution in [0, 0.1) is 13.8 Å². The van der Waals surface area contributed by atoms with E-state index in [0.717, 1.165) is 21.7 Å². The number of carbonyl (C=O) groups is 1. The zero-order chi connectivity index (χ0) is 30.6. The fourth-order valence-corrected chi connectivity index (χ4v) is 7.35. The predicted molar refractivity (Wildman–Crippen MR) is 170 cm³/mol. The number of ether oxygens (including phenoxy) is 1. The fraction of sp³-hybridized carbons (Fsp3) is 0.281. The van der Waals surface area contributed by atoms with E-state index in [4.69, 9.17) is 9.72 Å². The molecule has 0 N–H and O–H groups in total. The minimum atomic E-state index is -3.77. The molecule has 2 aromatic heterocycles. The number of anilines is 1. The Morgan fingerprint density at radius 3 is 2.37 bits per heavy atom. The second kappa shape index (κ2) is 13.1. The summed E-state index contributed by atoms with van der Waals surface area (Å²) in [5, 5.41) is 5.09. The van der Waals surface area contributed by atoms with E-state index in [1.165, 1.54) is 27.8 Å². The summed E-state index contributed by atoms with van der Waals surface area (Å²) >= 11 is 1.41. The molecule has 0 aliphatic carbocycles. The molecular formula is C32H35N5O4S2. The Bertz CT molecular complexity index is 1820. The number of benzene rings is 3. The van der Waals surface area contributed by atoms with Gasteiger partial charge in [0.05, 0.1) is 28.4 Å². The zero-order valence-corrected chi connectivity index (χ0v) is 26.4. The van der Waals surface area contributed by atoms with Crippen molar-refractivity contribution in [2.24, 2.45) is 0 Å². The van der Waals surface area contributed by atoms with Gasteiger partial charge in [0.1, 0.15) is 11.3 Å². The van der Waals surface area contributed by atoms with Crippen molar-refractivity contribution in [1.82, 2.24) is 19.1 Å². The summed E-state index contributed by atoms with van der Waals surface area (Å²) in [5.41, 5.74) is 3.87. The van der Waals surface area contributed by atoms with Gasteiger partial charge in [-0.2, -0.15) is 9.40 Å². The summed E-state index contributed by atoms with van der Waals surface area (Å²) in [4.78, 5) is 20.6. The number of para-hydroxylation sites is 1. The largest absolute Gasteiger partial charge is 0.492 e. The van der Waals surface area contributed by atoms with Crippen LogP contribution in [0.3, 0.4) is 0 Å². The number of carbonyl (C=O) groups excluding carboxylic acids is 1. The third kappa shape index (κ3) is 6.64. The minimum Gasteiger partial charge on any atom is -0.492 e. The Hall–Kier alpha value is -4.06. The first-order valence-electron chi connectivity index (χ1n) is 14.2. The molecule has 2 heterocycles. The number of rotatable bonds is 12. The average molecular weight is 618 g/mol. The summed E-state index contributed by atoms with van der Waals surface area (Å²) in [5.74, 6) is 0.387. The Labute approximate surface area is 256 Å². The lowest BCUT2D eigenvalue weighted by molar-refractivity contribution is 0.0985. The number of aryl methyl sites for hydroxylation is 2. The van der Waals surface area contributed by atoms with Crippen LogP contribution in [0.4, 0.5) is 5.13 Å². The van der Waals surface area contributed by atoms with Crippen molar-refractivity contribution < 1.29 is 17.9 Å². The van der Waals surface area contributed by atoms with Crippen LogP contribution in [-0.2, 0) is 23.1 Å². The van der Waals surface area contributed by atoms with E-state index in [2.05, 4.69) is 5.10 Å². The molecule has 0 spiro atoms. The van der Waals surface area contributed by atoms with Gasteiger partial charge in [0.15, 0.2) is 5.13 Å². The van der Waals surface area contributed by atoms with Gasteiger partial charge in [-0.15, -0.1) is 0 Å². The van der Waals surface area contributed by atoms with Crippen molar-refractivity contribution in [1.29, 1.82) is 0 Å². The molecule has 0 radical (unpaired) electrons. The van der Waals surface area contributed by atoms with Crippen LogP contribution in [0.15, 0.2) is 83.8 Å². The number of sulfonamides is 1. The Morgan fingerprint density at radius 2 is 1.72 bits per heavy atom. The highest BCUT2D eigenvalue weighted by Crippen LogP contribution is 2.35. The monoisotopic (exact) mass is 617 g/mol. The summed E-state index contributed by atoms with van der Waals surface area (Å²) < 4.78 is 37.0. The maximum atomic E-state index is 14.0. The summed E-state index contributed by atoms with van der Waals surface area (Å²) in [6.07, 6.45) is 0. The SMILES string of the molecule is CCOc1cccc2sc(N(CCn3nc(C)cc3C)C(=O)c3ccc(S(=O)(=O)N(CC)Cc4ccccc4)cc3)nc12. The summed E-state index contributed by atoms with van der Waals surface area (Å²) in [6, 6.07) is 23.4. The van der Waals surface area contributed by atoms with Crippen LogP contribution in [0.1, 0.15) is 41.2 Å². The first-order valence-corrected chi connectivity index (χ1v) is 16.5. The molecule has 43 heavy (non-hydrogen) atoms. The molecule has 0 aliphatic rings. The predicted octanol–water partition coefficient (Wildman–Crippen LogP) is 6.07. The van der Waals surface area contributed by atoms with Crippen molar-refractivity contribution in [2.45, 2.75) is 45.7 Å². The van der Waals surface area contributed by atoms with Crippen molar-refractivity contribution in [2.75, 3.05) is 24.6 Å². The quantitative estimate of drug-likeness (QED) is 0.169. The number of hydrogen-bond donors (Lipinski definition) is 0. The van der Waals surface area contributed by atoms with Gasteiger partial charge >= 0.3 is 0 Å². The van der Waals surface area contributed by atoms with Gasteiger partial charge in [0, 0.05) is 30.9 Å². The van der Waals surface area contributed by atoms with Gasteiger partial charge in [-0.3, -0.25) is 14.4 Å². The molecule has 1 amide bonds. The molecule has 5 aromatic rings. The topological polar surface area (TPSA) is 97.6 Å². The molecule has 11 heteroatoms. The van der Waals surface area contributed by atoms with Crippen molar-refractivity contribution in [3.8, 4) is 5.75 Å². The summed E-state index contributed by atoms with van der Waals surface area (Å²) in [7, 11) is -3.77. The van der Waals surface area contributed by atoms with E-state index in [-0.39, 0.29) is 17.3 Å². The van der Waals surface area contributed by atoms with Crippen LogP contribution in [0.5, 0.6) is 5.75 Å². The van der Waals surface area contributed by atoms with E-state index < -0.39 is 10.0 Å². The van der Waals surface area contributed by atoms with E-state index >= 15 is 0 Å². The van der Waals surface area contributed by atoms with Crippen molar-refractivity contribution in [3.63, 3.8) is 0 Å². The van der Waals surface area contributed by atoms with Gasteiger partial charge in [0.2, 0.25) is 10.0 Å². The number of nitrogens with zero attached hydrogens (tertiary/aromatic N) is 5. The fourth-order valence-electron chi connectivity index (χ4n) is 4.91. The molecule has 0 unspecified atom stereocenters. The molecule has 5 rings (SSSR count). The summed E-state index contributed by atoms with van der Waals surface area (Å²) in [6.45, 7) is 9.53. The maximum Gasteiger partial charge on any atom is 0.260 e. The molecular weight excluding hydrogens is 583 g/mol. The number of thiazole rings is 1. The van der Waals surface area contributed by atoms with E-state index in [9.17, 15) is 13.2 Å². The standard InChI is InChI=1S/C32H35N5O4S2/c1-5-35(22-25-11-8-7-9-12-25)43(39,40)27-17-15-26(16-18-27)31(38)36(19-20-37-24(4)21-23(3)34-37)32-33-30-28(41-6-2)13-10-14-29(30)42-32/h7-18,21H,5-6,19-20,22H2,1-4H3. The maximum absolute atomic E-state index is 14.0. The Kier molecular flexibility index (Phi) is 9.24. The van der Waals surface area contributed by atoms with Crippen LogP contribution in [0.25, 0.3) is 10.2 Å². The number of aromatic nitrogens is 3. The number of fused-ring (bicyclic) bond motifs is 1. The van der Waals surface area contributed by atoms with E-state index in [1.54, 1.807) is 17.0 Å². The molecule has 3 aromatic carbocycles. The molecule has 0 bridgehead atoms. The van der Waals surface area contributed by atoms with Gasteiger partial charge in [-0.1, -0.05) is 54.7 Å². The normalized spacial score (nSPS) is 11.7. The number of amides is 1. The number of hydrogen-bond acceptors (Lipinski definition) is 7. The third-order valence-corrected chi connectivity index (χ3v) is 10.1. The van der Waals surface area contributed by atoms with Crippen molar-refractivity contribution in [3.05, 3.63) is 101 Å². The lowest BCUT2D eigenvalue weighted by Gasteiger charge is -2.22. The molecule has 0 saturated heterocycles. The zero-order valence-electron chi connectivity index (χ0n) is 24.7. The minimum absolute atomic E-state index is 0.136. The van der Waals surface area contributed by atoms with Crippen LogP contribution in [-0.4, -0.2) is 53.1 Å². The highest BCUT2D eigenvalue weighted by molar-refractivity contribution is 7.89. The van der Waals surface area contributed by atoms with E-state index in [1.807, 2.05) is 87.0 Å². The van der Waals surface area contributed by atoms with Crippen LogP contribution >= 0.6 is 11.3 Å². The van der Waals surface area contributed by atoms with Gasteiger partial charge < -0.3 is 4.74 Å². The lowest BCUT2D eigenvalue weighted by atomic mass is 10.2.